The molecule has 0 aromatic heterocycles. The molecule has 1 amide bonds. The van der Waals surface area contributed by atoms with E-state index in [-0.39, 0.29) is 5.91 Å². The number of hydrazone groups is 1. The smallest absolute Gasteiger partial charge is 0.281 e. The normalized spacial score (nSPS) is 12.0. The molecule has 30 heavy (non-hydrogen) atoms. The van der Waals surface area contributed by atoms with Gasteiger partial charge < -0.3 is 14.2 Å². The number of amides is 1. The summed E-state index contributed by atoms with van der Waals surface area (Å²) < 4.78 is 17.3. The van der Waals surface area contributed by atoms with Gasteiger partial charge in [-0.05, 0) is 63.0 Å². The predicted molar refractivity (Wildman–Crippen MR) is 122 cm³/mol. The summed E-state index contributed by atoms with van der Waals surface area (Å²) in [6, 6.07) is 17.2. The molecule has 1 atom stereocenters. The van der Waals surface area contributed by atoms with Crippen molar-refractivity contribution in [3.63, 3.8) is 0 Å². The third-order valence-electron chi connectivity index (χ3n) is 4.56. The van der Waals surface area contributed by atoms with Crippen LogP contribution < -0.4 is 19.6 Å². The van der Waals surface area contributed by atoms with Crippen molar-refractivity contribution in [1.82, 2.24) is 5.43 Å². The first-order chi connectivity index (χ1) is 14.6. The topological polar surface area (TPSA) is 69.2 Å². The Morgan fingerprint density at radius 1 is 1.07 bits per heavy atom. The Morgan fingerprint density at radius 3 is 2.53 bits per heavy atom. The lowest BCUT2D eigenvalue weighted by molar-refractivity contribution is -0.128. The van der Waals surface area contributed by atoms with E-state index in [2.05, 4.69) is 26.5 Å². The quantitative estimate of drug-likeness (QED) is 0.374. The molecule has 1 N–H and O–H groups in total. The molecule has 0 unspecified atom stereocenters. The average molecular weight is 471 g/mol. The zero-order chi connectivity index (χ0) is 21.5. The van der Waals surface area contributed by atoms with Gasteiger partial charge in [0, 0.05) is 0 Å². The summed E-state index contributed by atoms with van der Waals surface area (Å²) in [6.45, 7) is 1.89. The standard InChI is InChI=1S/C23H23BrN2O4/c1-4-18(30-20-12-10-16-7-5-6-8-17(16)22(20)24)23(27)26-25-14-15-9-11-19(28-2)21(13-15)29-3/h5-14,18H,4H2,1-3H3,(H,26,27)/b25-14-/t18-/m0/s1. The van der Waals surface area contributed by atoms with Crippen LogP contribution in [0.25, 0.3) is 10.8 Å². The molecule has 3 aromatic rings. The van der Waals surface area contributed by atoms with Crippen LogP contribution in [-0.2, 0) is 4.79 Å². The van der Waals surface area contributed by atoms with Gasteiger partial charge in [0.2, 0.25) is 0 Å². The molecule has 156 valence electrons. The third-order valence-corrected chi connectivity index (χ3v) is 5.37. The summed E-state index contributed by atoms with van der Waals surface area (Å²) in [5, 5.41) is 6.16. The van der Waals surface area contributed by atoms with Gasteiger partial charge in [0.05, 0.1) is 24.9 Å². The largest absolute Gasteiger partial charge is 0.493 e. The lowest BCUT2D eigenvalue weighted by Crippen LogP contribution is -2.35. The number of carbonyl (C=O) groups is 1. The molecule has 7 heteroatoms. The fourth-order valence-electron chi connectivity index (χ4n) is 2.96. The first-order valence-corrected chi connectivity index (χ1v) is 10.3. The van der Waals surface area contributed by atoms with Crippen LogP contribution in [-0.4, -0.2) is 32.4 Å². The molecule has 0 bridgehead atoms. The van der Waals surface area contributed by atoms with Crippen molar-refractivity contribution in [2.75, 3.05) is 14.2 Å². The Balaban J connectivity index is 1.68. The SMILES string of the molecule is CC[C@H](Oc1ccc2ccccc2c1Br)C(=O)N/N=C\c1ccc(OC)c(OC)c1. The second-order valence-corrected chi connectivity index (χ2v) is 7.26. The van der Waals surface area contributed by atoms with Crippen LogP contribution in [0, 0.1) is 0 Å². The summed E-state index contributed by atoms with van der Waals surface area (Å²) >= 11 is 3.59. The van der Waals surface area contributed by atoms with E-state index in [1.165, 1.54) is 0 Å². The molecule has 0 radical (unpaired) electrons. The van der Waals surface area contributed by atoms with Crippen molar-refractivity contribution in [2.45, 2.75) is 19.4 Å². The van der Waals surface area contributed by atoms with Crippen LogP contribution in [0.2, 0.25) is 0 Å². The molecule has 0 aliphatic heterocycles. The first kappa shape index (κ1) is 21.6. The van der Waals surface area contributed by atoms with E-state index in [1.54, 1.807) is 32.6 Å². The van der Waals surface area contributed by atoms with Crippen LogP contribution in [0.3, 0.4) is 0 Å². The van der Waals surface area contributed by atoms with Gasteiger partial charge >= 0.3 is 0 Å². The Bertz CT molecular complexity index is 1070. The van der Waals surface area contributed by atoms with Crippen molar-refractivity contribution in [1.29, 1.82) is 0 Å². The Labute approximate surface area is 184 Å². The molecule has 6 nitrogen and oxygen atoms in total. The van der Waals surface area contributed by atoms with Gasteiger partial charge in [0.15, 0.2) is 17.6 Å². The van der Waals surface area contributed by atoms with E-state index in [1.807, 2.05) is 49.4 Å². The van der Waals surface area contributed by atoms with Gasteiger partial charge in [-0.15, -0.1) is 0 Å². The van der Waals surface area contributed by atoms with Crippen LogP contribution in [0.1, 0.15) is 18.9 Å². The molecule has 0 fully saturated rings. The van der Waals surface area contributed by atoms with Gasteiger partial charge in [-0.25, -0.2) is 5.43 Å². The summed E-state index contributed by atoms with van der Waals surface area (Å²) in [6.07, 6.45) is 1.36. The van der Waals surface area contributed by atoms with E-state index >= 15 is 0 Å². The number of nitrogens with one attached hydrogen (secondary N) is 1. The van der Waals surface area contributed by atoms with Gasteiger partial charge in [-0.2, -0.15) is 5.10 Å². The second kappa shape index (κ2) is 10.1. The monoisotopic (exact) mass is 470 g/mol. The molecule has 0 aliphatic rings. The molecular weight excluding hydrogens is 448 g/mol. The number of hydrogen-bond donors (Lipinski definition) is 1. The van der Waals surface area contributed by atoms with E-state index in [4.69, 9.17) is 14.2 Å². The van der Waals surface area contributed by atoms with E-state index < -0.39 is 6.10 Å². The van der Waals surface area contributed by atoms with E-state index in [9.17, 15) is 4.79 Å². The number of methoxy groups -OCH3 is 2. The number of carbonyl (C=O) groups excluding carboxylic acids is 1. The van der Waals surface area contributed by atoms with Crippen molar-refractivity contribution in [3.8, 4) is 17.2 Å². The maximum Gasteiger partial charge on any atom is 0.281 e. The Hall–Kier alpha value is -3.06. The van der Waals surface area contributed by atoms with E-state index in [0.29, 0.717) is 23.7 Å². The number of fused-ring (bicyclic) bond motifs is 1. The zero-order valence-electron chi connectivity index (χ0n) is 17.0. The molecule has 0 saturated carbocycles. The maximum atomic E-state index is 12.6. The first-order valence-electron chi connectivity index (χ1n) is 9.46. The minimum absolute atomic E-state index is 0.325. The Kier molecular flexibility index (Phi) is 7.30. The molecule has 3 aromatic carbocycles. The van der Waals surface area contributed by atoms with Crippen molar-refractivity contribution in [2.24, 2.45) is 5.10 Å². The highest BCUT2D eigenvalue weighted by atomic mass is 79.9. The van der Waals surface area contributed by atoms with Gasteiger partial charge in [0.1, 0.15) is 5.75 Å². The van der Waals surface area contributed by atoms with Crippen molar-refractivity contribution < 1.29 is 19.0 Å². The second-order valence-electron chi connectivity index (χ2n) is 6.46. The predicted octanol–water partition coefficient (Wildman–Crippen LogP) is 4.93. The molecular formula is C23H23BrN2O4. The minimum Gasteiger partial charge on any atom is -0.493 e. The fourth-order valence-corrected chi connectivity index (χ4v) is 3.54. The van der Waals surface area contributed by atoms with Crippen molar-refractivity contribution >= 4 is 38.8 Å². The molecule has 0 spiro atoms. The highest BCUT2D eigenvalue weighted by molar-refractivity contribution is 9.10. The molecule has 3 rings (SSSR count). The fraction of sp³-hybridized carbons (Fsp3) is 0.217. The number of benzene rings is 3. The molecule has 0 saturated heterocycles. The number of halogens is 1. The highest BCUT2D eigenvalue weighted by Gasteiger charge is 2.19. The minimum atomic E-state index is -0.676. The Morgan fingerprint density at radius 2 is 1.80 bits per heavy atom. The summed E-state index contributed by atoms with van der Waals surface area (Å²) in [5.74, 6) is 1.50. The van der Waals surface area contributed by atoms with Crippen LogP contribution >= 0.6 is 15.9 Å². The summed E-state index contributed by atoms with van der Waals surface area (Å²) in [5.41, 5.74) is 3.31. The number of ether oxygens (including phenoxy) is 3. The average Bonchev–Trinajstić information content (AvgIpc) is 2.78. The molecule has 0 aliphatic carbocycles. The molecule has 0 heterocycles. The highest BCUT2D eigenvalue weighted by Crippen LogP contribution is 2.34. The van der Waals surface area contributed by atoms with Gasteiger partial charge in [-0.1, -0.05) is 37.3 Å². The van der Waals surface area contributed by atoms with E-state index in [0.717, 1.165) is 20.8 Å². The summed E-state index contributed by atoms with van der Waals surface area (Å²) in [7, 11) is 3.14. The maximum absolute atomic E-state index is 12.6. The third kappa shape index (κ3) is 4.91. The number of nitrogens with zero attached hydrogens (tertiary/aromatic N) is 1. The van der Waals surface area contributed by atoms with Crippen LogP contribution in [0.5, 0.6) is 17.2 Å². The zero-order valence-corrected chi connectivity index (χ0v) is 18.6. The van der Waals surface area contributed by atoms with Crippen LogP contribution in [0.4, 0.5) is 0 Å². The summed E-state index contributed by atoms with van der Waals surface area (Å²) in [4.78, 5) is 12.6. The number of rotatable bonds is 8. The number of hydrogen-bond acceptors (Lipinski definition) is 5. The lowest BCUT2D eigenvalue weighted by atomic mass is 10.1. The lowest BCUT2D eigenvalue weighted by Gasteiger charge is -2.17. The van der Waals surface area contributed by atoms with Gasteiger partial charge in [0.25, 0.3) is 5.91 Å². The van der Waals surface area contributed by atoms with Gasteiger partial charge in [-0.3, -0.25) is 4.79 Å². The van der Waals surface area contributed by atoms with Crippen LogP contribution in [0.15, 0.2) is 64.2 Å². The van der Waals surface area contributed by atoms with Crippen molar-refractivity contribution in [3.05, 3.63) is 64.6 Å².